The van der Waals surface area contributed by atoms with E-state index in [9.17, 15) is 4.79 Å². The summed E-state index contributed by atoms with van der Waals surface area (Å²) < 4.78 is 4.99. The minimum Gasteiger partial charge on any atom is -0.469 e. The van der Waals surface area contributed by atoms with Gasteiger partial charge >= 0.3 is 5.97 Å². The lowest BCUT2D eigenvalue weighted by molar-refractivity contribution is -0.152. The third-order valence-electron chi connectivity index (χ3n) is 4.68. The summed E-state index contributed by atoms with van der Waals surface area (Å²) in [5.41, 5.74) is 5.88. The summed E-state index contributed by atoms with van der Waals surface area (Å²) in [6, 6.07) is 0. The molecule has 2 fully saturated rings. The molecule has 0 amide bonds. The lowest BCUT2D eigenvalue weighted by atomic mass is 9.73. The minimum atomic E-state index is -0.0253. The van der Waals surface area contributed by atoms with Crippen LogP contribution in [0.4, 0.5) is 0 Å². The van der Waals surface area contributed by atoms with Gasteiger partial charge in [-0.15, -0.1) is 0 Å². The Kier molecular flexibility index (Phi) is 3.73. The van der Waals surface area contributed by atoms with Gasteiger partial charge in [0.25, 0.3) is 0 Å². The third kappa shape index (κ3) is 2.20. The van der Waals surface area contributed by atoms with Crippen LogP contribution in [-0.4, -0.2) is 44.2 Å². The SMILES string of the molecule is CCC1CN(CCN)CC(C(=O)OC)C12CC2. The molecule has 17 heavy (non-hydrogen) atoms. The molecular formula is C13H24N2O2. The molecular weight excluding hydrogens is 216 g/mol. The van der Waals surface area contributed by atoms with Gasteiger partial charge in [-0.05, 0) is 24.2 Å². The van der Waals surface area contributed by atoms with Crippen molar-refractivity contribution in [3.8, 4) is 0 Å². The van der Waals surface area contributed by atoms with E-state index >= 15 is 0 Å². The first-order chi connectivity index (χ1) is 8.17. The zero-order valence-electron chi connectivity index (χ0n) is 10.9. The summed E-state index contributed by atoms with van der Waals surface area (Å²) >= 11 is 0. The smallest absolute Gasteiger partial charge is 0.310 e. The molecule has 1 aliphatic heterocycles. The largest absolute Gasteiger partial charge is 0.469 e. The van der Waals surface area contributed by atoms with Crippen LogP contribution < -0.4 is 5.73 Å². The molecule has 2 N–H and O–H groups in total. The van der Waals surface area contributed by atoms with Gasteiger partial charge in [0.1, 0.15) is 0 Å². The van der Waals surface area contributed by atoms with Crippen LogP contribution in [-0.2, 0) is 9.53 Å². The van der Waals surface area contributed by atoms with Crippen LogP contribution in [0.5, 0.6) is 0 Å². The van der Waals surface area contributed by atoms with E-state index in [0.717, 1.165) is 26.1 Å². The molecule has 0 aromatic rings. The Labute approximate surface area is 103 Å². The maximum absolute atomic E-state index is 12.0. The van der Waals surface area contributed by atoms with E-state index in [1.165, 1.54) is 20.0 Å². The molecule has 2 atom stereocenters. The zero-order valence-corrected chi connectivity index (χ0v) is 10.9. The van der Waals surface area contributed by atoms with Gasteiger partial charge < -0.3 is 15.4 Å². The van der Waals surface area contributed by atoms with Crippen LogP contribution in [0, 0.1) is 17.3 Å². The second kappa shape index (κ2) is 4.94. The van der Waals surface area contributed by atoms with Crippen molar-refractivity contribution in [1.29, 1.82) is 0 Å². The Hall–Kier alpha value is -0.610. The quantitative estimate of drug-likeness (QED) is 0.740. The number of piperidine rings is 1. The second-order valence-electron chi connectivity index (χ2n) is 5.46. The summed E-state index contributed by atoms with van der Waals surface area (Å²) in [7, 11) is 1.50. The summed E-state index contributed by atoms with van der Waals surface area (Å²) in [6.07, 6.45) is 3.54. The van der Waals surface area contributed by atoms with E-state index in [1.54, 1.807) is 0 Å². The predicted molar refractivity (Wildman–Crippen MR) is 66.4 cm³/mol. The van der Waals surface area contributed by atoms with Gasteiger partial charge in [-0.2, -0.15) is 0 Å². The fourth-order valence-electron chi connectivity index (χ4n) is 3.55. The van der Waals surface area contributed by atoms with Gasteiger partial charge in [0.2, 0.25) is 0 Å². The predicted octanol–water partition coefficient (Wildman–Crippen LogP) is 0.856. The fourth-order valence-corrected chi connectivity index (χ4v) is 3.55. The van der Waals surface area contributed by atoms with Crippen molar-refractivity contribution in [2.45, 2.75) is 26.2 Å². The molecule has 4 heteroatoms. The highest BCUT2D eigenvalue weighted by atomic mass is 16.5. The zero-order chi connectivity index (χ0) is 12.5. The molecule has 0 aromatic carbocycles. The maximum atomic E-state index is 12.0. The van der Waals surface area contributed by atoms with Crippen LogP contribution in [0.2, 0.25) is 0 Å². The van der Waals surface area contributed by atoms with E-state index in [0.29, 0.717) is 12.5 Å². The topological polar surface area (TPSA) is 55.6 Å². The van der Waals surface area contributed by atoms with Gasteiger partial charge in [0.05, 0.1) is 13.0 Å². The van der Waals surface area contributed by atoms with Crippen molar-refractivity contribution < 1.29 is 9.53 Å². The molecule has 2 rings (SSSR count). The van der Waals surface area contributed by atoms with Crippen LogP contribution in [0.3, 0.4) is 0 Å². The van der Waals surface area contributed by atoms with Gasteiger partial charge in [0, 0.05) is 26.2 Å². The molecule has 1 saturated carbocycles. The van der Waals surface area contributed by atoms with Crippen LogP contribution in [0.1, 0.15) is 26.2 Å². The number of ether oxygens (including phenoxy) is 1. The standard InChI is InChI=1S/C13H24N2O2/c1-3-10-8-15(7-6-14)9-11(12(16)17-2)13(10)4-5-13/h10-11H,3-9,14H2,1-2H3. The second-order valence-corrected chi connectivity index (χ2v) is 5.46. The first-order valence-corrected chi connectivity index (χ1v) is 6.68. The Morgan fingerprint density at radius 1 is 1.47 bits per heavy atom. The number of carbonyl (C=O) groups excluding carboxylic acids is 1. The first-order valence-electron chi connectivity index (χ1n) is 6.68. The maximum Gasteiger partial charge on any atom is 0.310 e. The third-order valence-corrected chi connectivity index (χ3v) is 4.68. The first kappa shape index (κ1) is 12.8. The van der Waals surface area contributed by atoms with E-state index in [-0.39, 0.29) is 17.3 Å². The molecule has 1 spiro atoms. The van der Waals surface area contributed by atoms with E-state index < -0.39 is 0 Å². The molecule has 2 aliphatic rings. The monoisotopic (exact) mass is 240 g/mol. The number of hydrogen-bond donors (Lipinski definition) is 1. The Balaban J connectivity index is 2.13. The number of nitrogens with zero attached hydrogens (tertiary/aromatic N) is 1. The normalized spacial score (nSPS) is 31.5. The molecule has 1 saturated heterocycles. The van der Waals surface area contributed by atoms with Gasteiger partial charge in [-0.3, -0.25) is 4.79 Å². The highest BCUT2D eigenvalue weighted by Crippen LogP contribution is 2.60. The Morgan fingerprint density at radius 2 is 2.18 bits per heavy atom. The number of likely N-dealkylation sites (tertiary alicyclic amines) is 1. The Bertz CT molecular complexity index is 289. The van der Waals surface area contributed by atoms with E-state index in [4.69, 9.17) is 10.5 Å². The number of carbonyl (C=O) groups is 1. The summed E-state index contributed by atoms with van der Waals surface area (Å²) in [4.78, 5) is 14.3. The average Bonchev–Trinajstić information content (AvgIpc) is 3.12. The van der Waals surface area contributed by atoms with Crippen LogP contribution >= 0.6 is 0 Å². The molecule has 1 aliphatic carbocycles. The molecule has 0 bridgehead atoms. The van der Waals surface area contributed by atoms with Gasteiger partial charge in [0.15, 0.2) is 0 Å². The Morgan fingerprint density at radius 3 is 2.65 bits per heavy atom. The van der Waals surface area contributed by atoms with Crippen LogP contribution in [0.25, 0.3) is 0 Å². The molecule has 0 radical (unpaired) electrons. The number of rotatable bonds is 4. The van der Waals surface area contributed by atoms with Gasteiger partial charge in [-0.1, -0.05) is 13.3 Å². The fraction of sp³-hybridized carbons (Fsp3) is 0.923. The van der Waals surface area contributed by atoms with Crippen molar-refractivity contribution in [3.05, 3.63) is 0 Å². The molecule has 4 nitrogen and oxygen atoms in total. The molecule has 2 unspecified atom stereocenters. The van der Waals surface area contributed by atoms with E-state index in [1.807, 2.05) is 0 Å². The highest BCUT2D eigenvalue weighted by Gasteiger charge is 2.59. The van der Waals surface area contributed by atoms with Crippen molar-refractivity contribution in [2.24, 2.45) is 23.0 Å². The van der Waals surface area contributed by atoms with Crippen molar-refractivity contribution in [1.82, 2.24) is 4.90 Å². The summed E-state index contributed by atoms with van der Waals surface area (Å²) in [5.74, 6) is 0.673. The molecule has 1 heterocycles. The van der Waals surface area contributed by atoms with Crippen molar-refractivity contribution in [3.63, 3.8) is 0 Å². The summed E-state index contributed by atoms with van der Waals surface area (Å²) in [6.45, 7) is 5.71. The van der Waals surface area contributed by atoms with Crippen molar-refractivity contribution >= 4 is 5.97 Å². The average molecular weight is 240 g/mol. The van der Waals surface area contributed by atoms with Crippen molar-refractivity contribution in [2.75, 3.05) is 33.3 Å². The number of hydrogen-bond acceptors (Lipinski definition) is 4. The summed E-state index contributed by atoms with van der Waals surface area (Å²) in [5, 5.41) is 0. The van der Waals surface area contributed by atoms with E-state index in [2.05, 4.69) is 11.8 Å². The highest BCUT2D eigenvalue weighted by molar-refractivity contribution is 5.74. The minimum absolute atomic E-state index is 0.0253. The van der Waals surface area contributed by atoms with Gasteiger partial charge in [-0.25, -0.2) is 0 Å². The van der Waals surface area contributed by atoms with Crippen LogP contribution in [0.15, 0.2) is 0 Å². The lowest BCUT2D eigenvalue weighted by Gasteiger charge is -2.43. The number of nitrogens with two attached hydrogens (primary N) is 1. The molecule has 98 valence electrons. The molecule has 0 aromatic heterocycles. The number of methoxy groups -OCH3 is 1. The lowest BCUT2D eigenvalue weighted by Crippen LogP contribution is -2.51. The number of esters is 1.